The van der Waals surface area contributed by atoms with E-state index in [4.69, 9.17) is 18.9 Å². The highest BCUT2D eigenvalue weighted by atomic mass is 19.4. The molecule has 6 rings (SSSR count). The minimum absolute atomic E-state index is 0.123. The molecule has 1 spiro atoms. The summed E-state index contributed by atoms with van der Waals surface area (Å²) in [5.74, 6) is -2.24. The fraction of sp³-hybridized carbons (Fsp3) is 0.250. The molecule has 3 aromatic rings. The Morgan fingerprint density at radius 2 is 1.23 bits per heavy atom. The van der Waals surface area contributed by atoms with Gasteiger partial charge in [0.25, 0.3) is 0 Å². The summed E-state index contributed by atoms with van der Waals surface area (Å²) in [5.41, 5.74) is -2.61. The van der Waals surface area contributed by atoms with Crippen molar-refractivity contribution < 1.29 is 50.1 Å². The molecule has 0 aliphatic carbocycles. The molecule has 3 heterocycles. The van der Waals surface area contributed by atoms with Gasteiger partial charge in [-0.15, -0.1) is 0 Å². The lowest BCUT2D eigenvalue weighted by Crippen LogP contribution is -2.45. The zero-order valence-electron chi connectivity index (χ0n) is 19.8. The molecule has 202 valence electrons. The predicted octanol–water partition coefficient (Wildman–Crippen LogP) is 7.16. The van der Waals surface area contributed by atoms with Gasteiger partial charge in [-0.05, 0) is 35.4 Å². The highest BCUT2D eigenvalue weighted by Gasteiger charge is 2.57. The number of hydrogen-bond acceptors (Lipinski definition) is 5. The summed E-state index contributed by atoms with van der Waals surface area (Å²) in [6, 6.07) is 15.3. The maximum atomic E-state index is 14.0. The van der Waals surface area contributed by atoms with Gasteiger partial charge < -0.3 is 18.9 Å². The minimum atomic E-state index is -4.83. The van der Waals surface area contributed by atoms with Crippen LogP contribution in [0.4, 0.5) is 26.3 Å². The highest BCUT2D eigenvalue weighted by molar-refractivity contribution is 6.12. The fourth-order valence-electron chi connectivity index (χ4n) is 5.13. The molecule has 3 atom stereocenters. The molecule has 0 amide bonds. The summed E-state index contributed by atoms with van der Waals surface area (Å²) < 4.78 is 107. The summed E-state index contributed by atoms with van der Waals surface area (Å²) in [7, 11) is 0. The second-order valence-electron chi connectivity index (χ2n) is 9.26. The summed E-state index contributed by atoms with van der Waals surface area (Å²) in [4.78, 5) is 13.0. The molecule has 0 N–H and O–H groups in total. The number of rotatable bonds is 2. The van der Waals surface area contributed by atoms with Gasteiger partial charge in [-0.3, -0.25) is 4.79 Å². The van der Waals surface area contributed by atoms with Gasteiger partial charge in [0.05, 0.1) is 28.7 Å². The Kier molecular flexibility index (Phi) is 5.78. The van der Waals surface area contributed by atoms with Crippen LogP contribution in [0.5, 0.6) is 5.75 Å². The van der Waals surface area contributed by atoms with Gasteiger partial charge in [0, 0.05) is 0 Å². The lowest BCUT2D eigenvalue weighted by Gasteiger charge is -2.37. The number of ketones is 1. The zero-order valence-corrected chi connectivity index (χ0v) is 19.8. The van der Waals surface area contributed by atoms with Crippen LogP contribution in [0.15, 0.2) is 84.6 Å². The van der Waals surface area contributed by atoms with Crippen molar-refractivity contribution in [3.05, 3.63) is 112 Å². The molecule has 3 aromatic carbocycles. The first-order chi connectivity index (χ1) is 18.5. The molecule has 1 saturated heterocycles. The van der Waals surface area contributed by atoms with Crippen LogP contribution in [0, 0.1) is 0 Å². The average molecular weight is 548 g/mol. The Morgan fingerprint density at radius 3 is 1.79 bits per heavy atom. The second kappa shape index (κ2) is 8.85. The molecule has 0 unspecified atom stereocenters. The fourth-order valence-corrected chi connectivity index (χ4v) is 5.13. The van der Waals surface area contributed by atoms with Crippen LogP contribution in [0.25, 0.3) is 0 Å². The first-order valence-corrected chi connectivity index (χ1v) is 11.8. The van der Waals surface area contributed by atoms with Crippen molar-refractivity contribution in [3.8, 4) is 5.75 Å². The van der Waals surface area contributed by atoms with Crippen LogP contribution in [0.1, 0.15) is 51.2 Å². The lowest BCUT2D eigenvalue weighted by molar-refractivity contribution is -0.334. The van der Waals surface area contributed by atoms with Crippen molar-refractivity contribution in [2.24, 2.45) is 0 Å². The smallest absolute Gasteiger partial charge is 0.416 e. The molecule has 3 aliphatic rings. The molecule has 1 fully saturated rings. The maximum absolute atomic E-state index is 14.0. The Morgan fingerprint density at radius 1 is 0.718 bits per heavy atom. The molecule has 39 heavy (non-hydrogen) atoms. The first kappa shape index (κ1) is 25.4. The third-order valence-corrected chi connectivity index (χ3v) is 6.84. The summed E-state index contributed by atoms with van der Waals surface area (Å²) in [6.07, 6.45) is -13.2. The lowest BCUT2D eigenvalue weighted by atomic mass is 9.92. The second-order valence-corrected chi connectivity index (χ2v) is 9.26. The van der Waals surface area contributed by atoms with Gasteiger partial charge in [0.15, 0.2) is 5.78 Å². The molecule has 3 aliphatic heterocycles. The molecule has 0 bridgehead atoms. The van der Waals surface area contributed by atoms with Crippen LogP contribution in [0.2, 0.25) is 0 Å². The third kappa shape index (κ3) is 4.35. The molecular formula is C28H18F6O5. The highest BCUT2D eigenvalue weighted by Crippen LogP contribution is 2.55. The van der Waals surface area contributed by atoms with Crippen LogP contribution >= 0.6 is 0 Å². The number of alkyl halides is 6. The van der Waals surface area contributed by atoms with Gasteiger partial charge in [-0.1, -0.05) is 48.5 Å². The first-order valence-electron chi connectivity index (χ1n) is 11.8. The monoisotopic (exact) mass is 548 g/mol. The molecular weight excluding hydrogens is 530 g/mol. The Bertz CT molecular complexity index is 1410. The van der Waals surface area contributed by atoms with Crippen molar-refractivity contribution in [2.75, 3.05) is 0 Å². The maximum Gasteiger partial charge on any atom is 0.416 e. The number of Topliss-reactive ketones (excluding diaryl/α,β-unsaturated/α-hetero) is 1. The van der Waals surface area contributed by atoms with E-state index >= 15 is 0 Å². The Labute approximate surface area is 217 Å². The summed E-state index contributed by atoms with van der Waals surface area (Å²) in [6.45, 7) is 0. The number of hydrogen-bond donors (Lipinski definition) is 0. The minimum Gasteiger partial charge on any atom is -0.484 e. The SMILES string of the molecule is O=C1C2=COC3(C[C@H]2Oc2ccccc21)O[C@@H](c1ccccc1C(F)(F)F)[C@H](c1ccccc1C(F)(F)F)O3. The third-order valence-electron chi connectivity index (χ3n) is 6.84. The normalized spacial score (nSPS) is 23.9. The van der Waals surface area contributed by atoms with Crippen molar-refractivity contribution >= 4 is 5.78 Å². The van der Waals surface area contributed by atoms with Crippen molar-refractivity contribution in [1.82, 2.24) is 0 Å². The van der Waals surface area contributed by atoms with Crippen molar-refractivity contribution in [1.29, 1.82) is 0 Å². The summed E-state index contributed by atoms with van der Waals surface area (Å²) in [5, 5.41) is 0. The van der Waals surface area contributed by atoms with Crippen molar-refractivity contribution in [2.45, 2.75) is 43.1 Å². The van der Waals surface area contributed by atoms with Gasteiger partial charge in [-0.25, -0.2) is 0 Å². The standard InChI is InChI=1S/C28H18F6O5/c29-27(30,31)19-10-4-1-7-15(19)24-25(16-8-2-5-11-20(16)28(32,33)34)39-26(38-24)13-22-18(14-36-26)23(35)17-9-3-6-12-21(17)37-22/h1-12,14,22,24-25H,13H2/t22-,24+,25+/m1/s1. The number of fused-ring (bicyclic) bond motifs is 2. The van der Waals surface area contributed by atoms with Crippen LogP contribution in [0.3, 0.4) is 0 Å². The van der Waals surface area contributed by atoms with Crippen LogP contribution in [-0.4, -0.2) is 17.9 Å². The van der Waals surface area contributed by atoms with Gasteiger partial charge in [0.1, 0.15) is 30.3 Å². The zero-order chi connectivity index (χ0) is 27.6. The summed E-state index contributed by atoms with van der Waals surface area (Å²) >= 11 is 0. The number of ether oxygens (including phenoxy) is 4. The number of carbonyl (C=O) groups is 1. The van der Waals surface area contributed by atoms with E-state index in [1.54, 1.807) is 24.3 Å². The van der Waals surface area contributed by atoms with E-state index in [9.17, 15) is 31.1 Å². The van der Waals surface area contributed by atoms with E-state index in [1.807, 2.05) is 0 Å². The molecule has 0 radical (unpaired) electrons. The Balaban J connectivity index is 1.45. The van der Waals surface area contributed by atoms with E-state index in [0.29, 0.717) is 5.56 Å². The number of carbonyl (C=O) groups excluding carboxylic acids is 1. The van der Waals surface area contributed by atoms with E-state index in [-0.39, 0.29) is 23.5 Å². The molecule has 0 saturated carbocycles. The largest absolute Gasteiger partial charge is 0.484 e. The van der Waals surface area contributed by atoms with Crippen molar-refractivity contribution in [3.63, 3.8) is 0 Å². The predicted molar refractivity (Wildman–Crippen MR) is 122 cm³/mol. The Hall–Kier alpha value is -3.83. The van der Waals surface area contributed by atoms with E-state index in [0.717, 1.165) is 30.5 Å². The molecule has 0 aromatic heterocycles. The molecule has 11 heteroatoms. The van der Waals surface area contributed by atoms with Crippen LogP contribution < -0.4 is 4.74 Å². The van der Waals surface area contributed by atoms with Gasteiger partial charge in [0.2, 0.25) is 0 Å². The molecule has 5 nitrogen and oxygen atoms in total. The van der Waals surface area contributed by atoms with E-state index in [2.05, 4.69) is 0 Å². The number of benzene rings is 3. The number of para-hydroxylation sites is 1. The van der Waals surface area contributed by atoms with Gasteiger partial charge in [-0.2, -0.15) is 26.3 Å². The quantitative estimate of drug-likeness (QED) is 0.318. The van der Waals surface area contributed by atoms with Gasteiger partial charge >= 0.3 is 18.3 Å². The van der Waals surface area contributed by atoms with Crippen LogP contribution in [-0.2, 0) is 26.6 Å². The topological polar surface area (TPSA) is 54.0 Å². The number of halogens is 6. The van der Waals surface area contributed by atoms with E-state index < -0.39 is 58.9 Å². The van der Waals surface area contributed by atoms with E-state index in [1.165, 1.54) is 24.3 Å². The average Bonchev–Trinajstić information content (AvgIpc) is 3.26.